The van der Waals surface area contributed by atoms with Gasteiger partial charge in [-0.2, -0.15) is 0 Å². The van der Waals surface area contributed by atoms with Crippen LogP contribution >= 0.6 is 0 Å². The van der Waals surface area contributed by atoms with Crippen LogP contribution in [-0.2, 0) is 19.2 Å². The second-order valence-electron chi connectivity index (χ2n) is 10.9. The summed E-state index contributed by atoms with van der Waals surface area (Å²) in [4.78, 5) is 55.2. The van der Waals surface area contributed by atoms with Gasteiger partial charge in [0.25, 0.3) is 0 Å². The predicted octanol–water partition coefficient (Wildman–Crippen LogP) is 3.60. The van der Waals surface area contributed by atoms with E-state index in [4.69, 9.17) is 9.47 Å². The SMILES string of the molecule is CCOc1ccccc1N1C[C@H](C(=O)Oc2ccc(N3C(=O)[C@@H]4[C@H]5C=C[C@@H]([C@@H]6C[C@H]56)[C@@H]4C3=O)cc2)CC1=O. The number of anilines is 2. The number of benzene rings is 2. The number of ether oxygens (including phenoxy) is 2. The van der Waals surface area contributed by atoms with Crippen LogP contribution in [0.5, 0.6) is 11.5 Å². The fourth-order valence-corrected chi connectivity index (χ4v) is 7.13. The van der Waals surface area contributed by atoms with Crippen LogP contribution in [0.3, 0.4) is 0 Å². The van der Waals surface area contributed by atoms with Gasteiger partial charge in [-0.05, 0) is 73.4 Å². The van der Waals surface area contributed by atoms with Crippen LogP contribution in [0.2, 0.25) is 0 Å². The molecule has 0 aromatic heterocycles. The zero-order valence-electron chi connectivity index (χ0n) is 21.0. The molecule has 2 aromatic rings. The molecule has 2 heterocycles. The van der Waals surface area contributed by atoms with Crippen LogP contribution in [0.25, 0.3) is 0 Å². The number of hydrogen-bond acceptors (Lipinski definition) is 6. The number of nitrogens with zero attached hydrogens (tertiary/aromatic N) is 2. The fraction of sp³-hybridized carbons (Fsp3) is 0.400. The van der Waals surface area contributed by atoms with Crippen molar-refractivity contribution in [3.05, 3.63) is 60.7 Å². The molecule has 6 aliphatic rings. The van der Waals surface area contributed by atoms with Crippen molar-refractivity contribution in [3.8, 4) is 11.5 Å². The Morgan fingerprint density at radius 2 is 1.58 bits per heavy atom. The van der Waals surface area contributed by atoms with Gasteiger partial charge in [-0.25, -0.2) is 0 Å². The maximum atomic E-state index is 13.3. The lowest BCUT2D eigenvalue weighted by Crippen LogP contribution is -2.40. The van der Waals surface area contributed by atoms with Crippen molar-refractivity contribution in [1.82, 2.24) is 0 Å². The number of carbonyl (C=O) groups excluding carboxylic acids is 4. The Labute approximate surface area is 220 Å². The number of hydrogen-bond donors (Lipinski definition) is 0. The molecule has 194 valence electrons. The first-order chi connectivity index (χ1) is 18.5. The smallest absolute Gasteiger partial charge is 0.316 e. The molecule has 0 spiro atoms. The highest BCUT2D eigenvalue weighted by Gasteiger charge is 2.67. The zero-order valence-corrected chi connectivity index (χ0v) is 21.0. The minimum Gasteiger partial charge on any atom is -0.492 e. The van der Waals surface area contributed by atoms with Gasteiger partial charge in [0.2, 0.25) is 17.7 Å². The third-order valence-electron chi connectivity index (χ3n) is 8.89. The first-order valence-electron chi connectivity index (χ1n) is 13.4. The molecule has 2 bridgehead atoms. The van der Waals surface area contributed by atoms with Gasteiger partial charge in [-0.3, -0.25) is 24.1 Å². The van der Waals surface area contributed by atoms with Gasteiger partial charge >= 0.3 is 5.97 Å². The summed E-state index contributed by atoms with van der Waals surface area (Å²) in [5, 5.41) is 0. The molecule has 4 fully saturated rings. The van der Waals surface area contributed by atoms with E-state index < -0.39 is 11.9 Å². The van der Waals surface area contributed by atoms with E-state index in [2.05, 4.69) is 12.2 Å². The number of imide groups is 1. The van der Waals surface area contributed by atoms with Crippen molar-refractivity contribution in [2.24, 2.45) is 41.4 Å². The Kier molecular flexibility index (Phi) is 5.22. The Morgan fingerprint density at radius 3 is 2.24 bits per heavy atom. The highest BCUT2D eigenvalue weighted by Crippen LogP contribution is 2.65. The summed E-state index contributed by atoms with van der Waals surface area (Å²) in [5.41, 5.74) is 1.14. The summed E-state index contributed by atoms with van der Waals surface area (Å²) in [6, 6.07) is 13.8. The number of para-hydroxylation sites is 2. The molecule has 4 aliphatic carbocycles. The van der Waals surface area contributed by atoms with Crippen LogP contribution in [0, 0.1) is 41.4 Å². The van der Waals surface area contributed by atoms with Crippen LogP contribution in [0.1, 0.15) is 19.8 Å². The van der Waals surface area contributed by atoms with Crippen molar-refractivity contribution in [3.63, 3.8) is 0 Å². The molecule has 2 saturated carbocycles. The fourth-order valence-electron chi connectivity index (χ4n) is 7.13. The van der Waals surface area contributed by atoms with Crippen molar-refractivity contribution in [2.75, 3.05) is 23.0 Å². The largest absolute Gasteiger partial charge is 0.492 e. The Hall–Kier alpha value is -3.94. The van der Waals surface area contributed by atoms with Gasteiger partial charge in [-0.1, -0.05) is 24.3 Å². The summed E-state index contributed by atoms with van der Waals surface area (Å²) in [7, 11) is 0. The maximum Gasteiger partial charge on any atom is 0.316 e. The summed E-state index contributed by atoms with van der Waals surface area (Å²) < 4.78 is 11.2. The number of allylic oxidation sites excluding steroid dienone is 2. The van der Waals surface area contributed by atoms with E-state index >= 15 is 0 Å². The molecular formula is C30H28N2O6. The monoisotopic (exact) mass is 512 g/mol. The van der Waals surface area contributed by atoms with Gasteiger partial charge < -0.3 is 14.4 Å². The van der Waals surface area contributed by atoms with Crippen LogP contribution in [0.4, 0.5) is 11.4 Å². The Morgan fingerprint density at radius 1 is 0.921 bits per heavy atom. The molecule has 8 heteroatoms. The molecule has 0 N–H and O–H groups in total. The normalized spacial score (nSPS) is 32.4. The molecular weight excluding hydrogens is 484 g/mol. The van der Waals surface area contributed by atoms with Gasteiger partial charge in [-0.15, -0.1) is 0 Å². The molecule has 2 saturated heterocycles. The van der Waals surface area contributed by atoms with E-state index in [1.165, 1.54) is 4.90 Å². The van der Waals surface area contributed by atoms with E-state index in [1.54, 1.807) is 41.3 Å². The van der Waals surface area contributed by atoms with Gasteiger partial charge in [0.1, 0.15) is 11.5 Å². The lowest BCUT2D eigenvalue weighted by atomic mass is 9.63. The Bertz CT molecular complexity index is 1350. The number of carbonyl (C=O) groups is 4. The van der Waals surface area contributed by atoms with Gasteiger partial charge in [0, 0.05) is 13.0 Å². The van der Waals surface area contributed by atoms with Crippen LogP contribution < -0.4 is 19.3 Å². The van der Waals surface area contributed by atoms with Crippen molar-refractivity contribution >= 4 is 35.1 Å². The Balaban J connectivity index is 1.03. The van der Waals surface area contributed by atoms with Crippen LogP contribution in [-0.4, -0.2) is 36.8 Å². The van der Waals surface area contributed by atoms with E-state index in [-0.39, 0.29) is 54.4 Å². The molecule has 8 nitrogen and oxygen atoms in total. The first-order valence-corrected chi connectivity index (χ1v) is 13.4. The molecule has 2 aliphatic heterocycles. The molecule has 7 atom stereocenters. The van der Waals surface area contributed by atoms with Gasteiger partial charge in [0.05, 0.1) is 35.7 Å². The highest BCUT2D eigenvalue weighted by atomic mass is 16.5. The van der Waals surface area contributed by atoms with E-state index in [0.717, 1.165) is 6.42 Å². The van der Waals surface area contributed by atoms with Crippen molar-refractivity contribution in [1.29, 1.82) is 0 Å². The van der Waals surface area contributed by atoms with Gasteiger partial charge in [0.15, 0.2) is 0 Å². The minimum atomic E-state index is -0.615. The number of rotatable bonds is 6. The lowest BCUT2D eigenvalue weighted by molar-refractivity contribution is -0.139. The molecule has 2 aromatic carbocycles. The minimum absolute atomic E-state index is 0.0509. The second kappa shape index (κ2) is 8.55. The average molecular weight is 513 g/mol. The zero-order chi connectivity index (χ0) is 26.1. The number of esters is 1. The predicted molar refractivity (Wildman–Crippen MR) is 137 cm³/mol. The van der Waals surface area contributed by atoms with Crippen molar-refractivity contribution < 1.29 is 28.7 Å². The molecule has 0 radical (unpaired) electrons. The summed E-state index contributed by atoms with van der Waals surface area (Å²) in [6.45, 7) is 2.55. The summed E-state index contributed by atoms with van der Waals surface area (Å²) in [5.74, 6) is 0.325. The second-order valence-corrected chi connectivity index (χ2v) is 10.9. The average Bonchev–Trinajstić information content (AvgIpc) is 3.60. The number of amides is 3. The van der Waals surface area contributed by atoms with E-state index in [1.807, 2.05) is 19.1 Å². The molecule has 38 heavy (non-hydrogen) atoms. The quantitative estimate of drug-likeness (QED) is 0.254. The van der Waals surface area contributed by atoms with Crippen molar-refractivity contribution in [2.45, 2.75) is 19.8 Å². The standard InChI is InChI=1S/C30H28N2O6/c1-2-37-24-6-4-3-5-23(24)31-15-16(13-25(31)33)30(36)38-18-9-7-17(8-10-18)32-28(34)26-19-11-12-20(22-14-21(19)22)27(26)29(32)35/h3-12,16,19-22,26-27H,2,13-15H2,1H3/t16-,19+,20+,21-,22+,26-,27+/m1/s1. The summed E-state index contributed by atoms with van der Waals surface area (Å²) >= 11 is 0. The highest BCUT2D eigenvalue weighted by molar-refractivity contribution is 6.22. The third-order valence-corrected chi connectivity index (χ3v) is 8.89. The van der Waals surface area contributed by atoms with E-state index in [9.17, 15) is 19.2 Å². The third kappa shape index (κ3) is 3.42. The molecule has 8 rings (SSSR count). The maximum absolute atomic E-state index is 13.3. The summed E-state index contributed by atoms with van der Waals surface area (Å²) in [6.07, 6.45) is 5.48. The topological polar surface area (TPSA) is 93.2 Å². The molecule has 0 unspecified atom stereocenters. The lowest BCUT2D eigenvalue weighted by Gasteiger charge is -2.37. The van der Waals surface area contributed by atoms with E-state index in [0.29, 0.717) is 41.3 Å². The molecule has 3 amide bonds. The van der Waals surface area contributed by atoms with Crippen LogP contribution in [0.15, 0.2) is 60.7 Å². The first kappa shape index (κ1) is 23.2.